The molecule has 0 aliphatic heterocycles. The van der Waals surface area contributed by atoms with Gasteiger partial charge in [-0.2, -0.15) is 5.10 Å². The Morgan fingerprint density at radius 3 is 2.71 bits per heavy atom. The van der Waals surface area contributed by atoms with Gasteiger partial charge in [-0.1, -0.05) is 30.3 Å². The molecule has 114 valence electrons. The fourth-order valence-corrected chi connectivity index (χ4v) is 3.10. The van der Waals surface area contributed by atoms with Gasteiger partial charge in [0.2, 0.25) is 0 Å². The molecule has 4 aromatic heterocycles. The molecule has 5 rings (SSSR count). The van der Waals surface area contributed by atoms with E-state index in [1.54, 1.807) is 0 Å². The first kappa shape index (κ1) is 13.1. The van der Waals surface area contributed by atoms with E-state index in [9.17, 15) is 0 Å². The topological polar surface area (TPSA) is 46.0 Å². The molecule has 4 nitrogen and oxygen atoms in total. The highest BCUT2D eigenvalue weighted by Crippen LogP contribution is 2.30. The average Bonchev–Trinajstić information content (AvgIpc) is 3.27. The summed E-state index contributed by atoms with van der Waals surface area (Å²) in [4.78, 5) is 8.08. The molecule has 24 heavy (non-hydrogen) atoms. The molecule has 0 aliphatic rings. The Hall–Kier alpha value is -3.40. The lowest BCUT2D eigenvalue weighted by Crippen LogP contribution is -1.86. The lowest BCUT2D eigenvalue weighted by atomic mass is 10.1. The van der Waals surface area contributed by atoms with Crippen molar-refractivity contribution >= 4 is 16.6 Å². The van der Waals surface area contributed by atoms with Crippen molar-refractivity contribution in [2.45, 2.75) is 0 Å². The van der Waals surface area contributed by atoms with Crippen LogP contribution in [0.4, 0.5) is 0 Å². The van der Waals surface area contributed by atoms with Gasteiger partial charge in [-0.25, -0.2) is 9.50 Å². The van der Waals surface area contributed by atoms with Crippen LogP contribution in [-0.2, 0) is 0 Å². The lowest BCUT2D eigenvalue weighted by molar-refractivity contribution is 0.962. The van der Waals surface area contributed by atoms with E-state index in [1.165, 1.54) is 0 Å². The van der Waals surface area contributed by atoms with E-state index in [-0.39, 0.29) is 0 Å². The minimum absolute atomic E-state index is 0.903. The molecule has 5 aromatic rings. The van der Waals surface area contributed by atoms with Crippen molar-refractivity contribution in [2.24, 2.45) is 0 Å². The maximum absolute atomic E-state index is 4.77. The summed E-state index contributed by atoms with van der Waals surface area (Å²) in [6, 6.07) is 20.7. The van der Waals surface area contributed by atoms with Crippen molar-refractivity contribution < 1.29 is 0 Å². The number of aromatic amines is 1. The van der Waals surface area contributed by atoms with Crippen molar-refractivity contribution in [1.29, 1.82) is 0 Å². The van der Waals surface area contributed by atoms with Crippen LogP contribution in [0.2, 0.25) is 0 Å². The zero-order valence-electron chi connectivity index (χ0n) is 12.8. The normalized spacial score (nSPS) is 11.3. The molecule has 0 amide bonds. The number of nitrogens with zero attached hydrogens (tertiary/aromatic N) is 3. The van der Waals surface area contributed by atoms with Crippen molar-refractivity contribution in [3.05, 3.63) is 79.3 Å². The summed E-state index contributed by atoms with van der Waals surface area (Å²) in [6.45, 7) is 0. The number of rotatable bonds is 2. The van der Waals surface area contributed by atoms with Gasteiger partial charge in [0.1, 0.15) is 5.65 Å². The van der Waals surface area contributed by atoms with Gasteiger partial charge in [0.05, 0.1) is 11.2 Å². The molecular formula is C20H14N4. The Labute approximate surface area is 138 Å². The minimum Gasteiger partial charge on any atom is -0.345 e. The smallest absolute Gasteiger partial charge is 0.138 e. The van der Waals surface area contributed by atoms with Crippen LogP contribution in [0.15, 0.2) is 79.3 Å². The molecule has 0 aliphatic carbocycles. The van der Waals surface area contributed by atoms with Crippen LogP contribution >= 0.6 is 0 Å². The first-order valence-electron chi connectivity index (χ1n) is 7.86. The SMILES string of the molecule is c1ccc(-c2ccc3c(-c4ccn5nccc5c4)c[nH]c3n2)cc1. The second-order valence-corrected chi connectivity index (χ2v) is 5.78. The van der Waals surface area contributed by atoms with Gasteiger partial charge in [-0.15, -0.1) is 0 Å². The Balaban J connectivity index is 1.65. The molecule has 0 radical (unpaired) electrons. The maximum atomic E-state index is 4.77. The number of aromatic nitrogens is 4. The number of H-pyrrole nitrogens is 1. The highest BCUT2D eigenvalue weighted by Gasteiger charge is 2.09. The number of fused-ring (bicyclic) bond motifs is 2. The van der Waals surface area contributed by atoms with Gasteiger partial charge in [-0.05, 0) is 35.9 Å². The van der Waals surface area contributed by atoms with Crippen LogP contribution in [0.1, 0.15) is 0 Å². The Bertz CT molecular complexity index is 1150. The molecule has 0 spiro atoms. The predicted octanol–water partition coefficient (Wildman–Crippen LogP) is 4.54. The summed E-state index contributed by atoms with van der Waals surface area (Å²) in [5.41, 5.74) is 6.39. The minimum atomic E-state index is 0.903. The summed E-state index contributed by atoms with van der Waals surface area (Å²) in [5, 5.41) is 5.37. The molecule has 0 bridgehead atoms. The second kappa shape index (κ2) is 5.06. The van der Waals surface area contributed by atoms with Crippen LogP contribution in [0.25, 0.3) is 38.9 Å². The van der Waals surface area contributed by atoms with Gasteiger partial charge in [0.15, 0.2) is 0 Å². The molecule has 4 heterocycles. The Morgan fingerprint density at radius 2 is 1.79 bits per heavy atom. The molecule has 0 unspecified atom stereocenters. The number of pyridine rings is 2. The third kappa shape index (κ3) is 2.01. The molecule has 1 aromatic carbocycles. The van der Waals surface area contributed by atoms with E-state index in [0.717, 1.165) is 38.9 Å². The summed E-state index contributed by atoms with van der Waals surface area (Å²) >= 11 is 0. The lowest BCUT2D eigenvalue weighted by Gasteiger charge is -2.03. The van der Waals surface area contributed by atoms with Crippen LogP contribution in [0, 0.1) is 0 Å². The molecule has 0 saturated heterocycles. The number of hydrogen-bond acceptors (Lipinski definition) is 2. The summed E-state index contributed by atoms with van der Waals surface area (Å²) < 4.78 is 1.87. The van der Waals surface area contributed by atoms with Crippen molar-refractivity contribution in [1.82, 2.24) is 19.6 Å². The number of benzene rings is 1. The monoisotopic (exact) mass is 310 g/mol. The van der Waals surface area contributed by atoms with Gasteiger partial charge >= 0.3 is 0 Å². The third-order valence-electron chi connectivity index (χ3n) is 4.32. The third-order valence-corrected chi connectivity index (χ3v) is 4.32. The summed E-state index contributed by atoms with van der Waals surface area (Å²) in [5.74, 6) is 0. The van der Waals surface area contributed by atoms with E-state index >= 15 is 0 Å². The molecule has 0 saturated carbocycles. The number of nitrogens with one attached hydrogen (secondary N) is 1. The maximum Gasteiger partial charge on any atom is 0.138 e. The fraction of sp³-hybridized carbons (Fsp3) is 0. The van der Waals surface area contributed by atoms with Crippen molar-refractivity contribution in [3.8, 4) is 22.4 Å². The van der Waals surface area contributed by atoms with Crippen LogP contribution < -0.4 is 0 Å². The van der Waals surface area contributed by atoms with Crippen molar-refractivity contribution in [3.63, 3.8) is 0 Å². The van der Waals surface area contributed by atoms with E-state index in [0.29, 0.717) is 0 Å². The van der Waals surface area contributed by atoms with Gasteiger partial charge < -0.3 is 4.98 Å². The van der Waals surface area contributed by atoms with Crippen molar-refractivity contribution in [2.75, 3.05) is 0 Å². The molecular weight excluding hydrogens is 296 g/mol. The average molecular weight is 310 g/mol. The first-order chi connectivity index (χ1) is 11.9. The number of hydrogen-bond donors (Lipinski definition) is 1. The summed E-state index contributed by atoms with van der Waals surface area (Å²) in [6.07, 6.45) is 5.81. The highest BCUT2D eigenvalue weighted by molar-refractivity contribution is 5.95. The fourth-order valence-electron chi connectivity index (χ4n) is 3.10. The van der Waals surface area contributed by atoms with Crippen LogP contribution in [-0.4, -0.2) is 19.6 Å². The first-order valence-corrected chi connectivity index (χ1v) is 7.86. The largest absolute Gasteiger partial charge is 0.345 e. The van der Waals surface area contributed by atoms with Crippen LogP contribution in [0.3, 0.4) is 0 Å². The molecule has 0 atom stereocenters. The van der Waals surface area contributed by atoms with E-state index in [2.05, 4.69) is 46.5 Å². The summed E-state index contributed by atoms with van der Waals surface area (Å²) in [7, 11) is 0. The highest BCUT2D eigenvalue weighted by atomic mass is 15.2. The zero-order chi connectivity index (χ0) is 15.9. The Kier molecular flexibility index (Phi) is 2.76. The zero-order valence-corrected chi connectivity index (χ0v) is 12.8. The molecule has 0 fully saturated rings. The van der Waals surface area contributed by atoms with Crippen LogP contribution in [0.5, 0.6) is 0 Å². The Morgan fingerprint density at radius 1 is 0.875 bits per heavy atom. The predicted molar refractivity (Wildman–Crippen MR) is 95.7 cm³/mol. The quantitative estimate of drug-likeness (QED) is 0.520. The van der Waals surface area contributed by atoms with Gasteiger partial charge in [-0.3, -0.25) is 0 Å². The molecule has 1 N–H and O–H groups in total. The van der Waals surface area contributed by atoms with Gasteiger partial charge in [0, 0.05) is 35.1 Å². The van der Waals surface area contributed by atoms with Gasteiger partial charge in [0.25, 0.3) is 0 Å². The van der Waals surface area contributed by atoms with E-state index in [4.69, 9.17) is 4.98 Å². The van der Waals surface area contributed by atoms with E-state index in [1.807, 2.05) is 47.4 Å². The second-order valence-electron chi connectivity index (χ2n) is 5.78. The molecule has 4 heteroatoms. The van der Waals surface area contributed by atoms with E-state index < -0.39 is 0 Å². The standard InChI is InChI=1S/C20H14N4/c1-2-4-14(5-3-1)19-7-6-17-18(13-21-20(17)23-19)15-9-11-24-16(12-15)8-10-22-24/h1-13H,(H,21,23).